The monoisotopic (exact) mass is 286 g/mol. The number of likely N-dealkylation sites (N-methyl/N-ethyl adjacent to an activating group) is 1. The molecule has 1 aliphatic rings. The van der Waals surface area contributed by atoms with Gasteiger partial charge in [0.25, 0.3) is 5.56 Å². The van der Waals surface area contributed by atoms with Gasteiger partial charge in [-0.3, -0.25) is 14.1 Å². The highest BCUT2D eigenvalue weighted by Crippen LogP contribution is 2.17. The zero-order chi connectivity index (χ0) is 15.0. The Balaban J connectivity index is 1.98. The second kappa shape index (κ2) is 5.48. The van der Waals surface area contributed by atoms with Gasteiger partial charge in [0, 0.05) is 37.9 Å². The molecule has 3 rings (SSSR count). The molecule has 1 aliphatic heterocycles. The summed E-state index contributed by atoms with van der Waals surface area (Å²) in [6.07, 6.45) is 1.78. The molecule has 5 heteroatoms. The van der Waals surface area contributed by atoms with Crippen molar-refractivity contribution >= 4 is 11.5 Å². The first-order chi connectivity index (χ1) is 10.1. The number of pyridine rings is 1. The Kier molecular flexibility index (Phi) is 3.68. The second-order valence-corrected chi connectivity index (χ2v) is 5.76. The van der Waals surface area contributed by atoms with E-state index in [1.54, 1.807) is 16.7 Å². The molecule has 0 aliphatic carbocycles. The molecule has 0 radical (unpaired) electrons. The number of fused-ring (bicyclic) bond motifs is 1. The largest absolute Gasteiger partial charge is 0.354 e. The van der Waals surface area contributed by atoms with Gasteiger partial charge < -0.3 is 4.90 Å². The lowest BCUT2D eigenvalue weighted by atomic mass is 10.2. The normalized spacial score (nSPS) is 20.1. The van der Waals surface area contributed by atoms with E-state index in [-0.39, 0.29) is 5.56 Å². The molecule has 2 aromatic heterocycles. The maximum atomic E-state index is 12.3. The van der Waals surface area contributed by atoms with E-state index in [1.807, 2.05) is 19.1 Å². The van der Waals surface area contributed by atoms with Crippen molar-refractivity contribution in [2.24, 2.45) is 0 Å². The summed E-state index contributed by atoms with van der Waals surface area (Å²) in [4.78, 5) is 21.7. The summed E-state index contributed by atoms with van der Waals surface area (Å²) in [7, 11) is 0. The molecule has 5 nitrogen and oxygen atoms in total. The molecule has 0 saturated carbocycles. The van der Waals surface area contributed by atoms with E-state index < -0.39 is 0 Å². The molecular formula is C16H22N4O. The van der Waals surface area contributed by atoms with Gasteiger partial charge in [-0.2, -0.15) is 0 Å². The minimum absolute atomic E-state index is 0.00993. The summed E-state index contributed by atoms with van der Waals surface area (Å²) in [5.41, 5.74) is 1.77. The van der Waals surface area contributed by atoms with E-state index in [9.17, 15) is 4.79 Å². The van der Waals surface area contributed by atoms with Crippen molar-refractivity contribution in [3.05, 3.63) is 40.3 Å². The number of nitrogens with zero attached hydrogens (tertiary/aromatic N) is 4. The van der Waals surface area contributed by atoms with Crippen LogP contribution in [0.25, 0.3) is 5.65 Å². The molecule has 0 aromatic carbocycles. The number of rotatable bonds is 2. The van der Waals surface area contributed by atoms with E-state index >= 15 is 0 Å². The van der Waals surface area contributed by atoms with E-state index in [2.05, 4.69) is 23.6 Å². The molecule has 0 amide bonds. The van der Waals surface area contributed by atoms with Crippen LogP contribution in [0.4, 0.5) is 5.82 Å². The minimum atomic E-state index is -0.00993. The third-order valence-electron chi connectivity index (χ3n) is 4.37. The number of hydrogen-bond acceptors (Lipinski definition) is 4. The fraction of sp³-hybridized carbons (Fsp3) is 0.500. The van der Waals surface area contributed by atoms with Crippen molar-refractivity contribution in [3.8, 4) is 0 Å². The summed E-state index contributed by atoms with van der Waals surface area (Å²) in [6.45, 7) is 10.3. The fourth-order valence-corrected chi connectivity index (χ4v) is 3.08. The van der Waals surface area contributed by atoms with Crippen LogP contribution in [0.15, 0.2) is 29.2 Å². The first-order valence-electron chi connectivity index (χ1n) is 7.58. The lowest BCUT2D eigenvalue weighted by Crippen LogP contribution is -2.52. The fourth-order valence-electron chi connectivity index (χ4n) is 3.08. The molecule has 0 spiro atoms. The van der Waals surface area contributed by atoms with Crippen molar-refractivity contribution in [3.63, 3.8) is 0 Å². The lowest BCUT2D eigenvalue weighted by Gasteiger charge is -2.39. The molecule has 1 fully saturated rings. The van der Waals surface area contributed by atoms with Gasteiger partial charge >= 0.3 is 0 Å². The number of piperazine rings is 1. The van der Waals surface area contributed by atoms with Gasteiger partial charge in [-0.05, 0) is 32.0 Å². The van der Waals surface area contributed by atoms with E-state index in [1.165, 1.54) is 0 Å². The molecule has 0 N–H and O–H groups in total. The van der Waals surface area contributed by atoms with Crippen LogP contribution in [0, 0.1) is 6.92 Å². The van der Waals surface area contributed by atoms with Crippen LogP contribution < -0.4 is 10.5 Å². The molecule has 1 atom stereocenters. The zero-order valence-corrected chi connectivity index (χ0v) is 12.9. The Hall–Kier alpha value is -1.88. The summed E-state index contributed by atoms with van der Waals surface area (Å²) in [5, 5.41) is 0. The van der Waals surface area contributed by atoms with Gasteiger partial charge in [0.05, 0.1) is 0 Å². The number of aryl methyl sites for hydroxylation is 1. The first-order valence-corrected chi connectivity index (χ1v) is 7.58. The maximum Gasteiger partial charge on any atom is 0.259 e. The minimum Gasteiger partial charge on any atom is -0.354 e. The number of hydrogen-bond donors (Lipinski definition) is 0. The Morgan fingerprint density at radius 3 is 2.90 bits per heavy atom. The highest BCUT2D eigenvalue weighted by atomic mass is 16.1. The Labute approximate surface area is 124 Å². The van der Waals surface area contributed by atoms with Gasteiger partial charge in [-0.25, -0.2) is 4.98 Å². The van der Waals surface area contributed by atoms with Crippen LogP contribution in [-0.2, 0) is 0 Å². The van der Waals surface area contributed by atoms with Crippen molar-refractivity contribution < 1.29 is 0 Å². The van der Waals surface area contributed by atoms with Crippen LogP contribution in [0.5, 0.6) is 0 Å². The lowest BCUT2D eigenvalue weighted by molar-refractivity contribution is 0.199. The second-order valence-electron chi connectivity index (χ2n) is 5.76. The third-order valence-corrected chi connectivity index (χ3v) is 4.37. The van der Waals surface area contributed by atoms with E-state index in [0.29, 0.717) is 6.04 Å². The van der Waals surface area contributed by atoms with Crippen molar-refractivity contribution in [2.45, 2.75) is 26.8 Å². The van der Waals surface area contributed by atoms with Gasteiger partial charge in [-0.1, -0.05) is 13.0 Å². The van der Waals surface area contributed by atoms with Crippen LogP contribution >= 0.6 is 0 Å². The van der Waals surface area contributed by atoms with Gasteiger partial charge in [0.2, 0.25) is 0 Å². The van der Waals surface area contributed by atoms with Gasteiger partial charge in [0.1, 0.15) is 11.5 Å². The molecule has 112 valence electrons. The molecule has 1 saturated heterocycles. The number of aromatic nitrogens is 2. The highest BCUT2D eigenvalue weighted by Gasteiger charge is 2.23. The number of anilines is 1. The topological polar surface area (TPSA) is 40.9 Å². The summed E-state index contributed by atoms with van der Waals surface area (Å²) >= 11 is 0. The molecule has 0 bridgehead atoms. The predicted molar refractivity (Wildman–Crippen MR) is 85.1 cm³/mol. The molecule has 0 unspecified atom stereocenters. The molecular weight excluding hydrogens is 264 g/mol. The molecule has 3 heterocycles. The van der Waals surface area contributed by atoms with Gasteiger partial charge in [-0.15, -0.1) is 0 Å². The summed E-state index contributed by atoms with van der Waals surface area (Å²) in [6, 6.07) is 6.01. The van der Waals surface area contributed by atoms with Gasteiger partial charge in [0.15, 0.2) is 0 Å². The molecule has 2 aromatic rings. The van der Waals surface area contributed by atoms with Crippen LogP contribution in [0.2, 0.25) is 0 Å². The average Bonchev–Trinajstić information content (AvgIpc) is 2.48. The smallest absolute Gasteiger partial charge is 0.259 e. The van der Waals surface area contributed by atoms with E-state index in [4.69, 9.17) is 4.98 Å². The first kappa shape index (κ1) is 14.1. The van der Waals surface area contributed by atoms with E-state index in [0.717, 1.165) is 43.2 Å². The SMILES string of the molecule is CCN1CCN(c2cc(=O)n3cccc(C)c3n2)C[C@H]1C. The standard InChI is InChI=1S/C16H22N4O/c1-4-18-8-9-19(11-13(18)3)14-10-15(21)20-7-5-6-12(2)16(20)17-14/h5-7,10,13H,4,8-9,11H2,1-3H3/t13-/m1/s1. The van der Waals surface area contributed by atoms with Crippen LogP contribution in [0.3, 0.4) is 0 Å². The van der Waals surface area contributed by atoms with Crippen molar-refractivity contribution in [2.75, 3.05) is 31.1 Å². The predicted octanol–water partition coefficient (Wildman–Crippen LogP) is 1.53. The van der Waals surface area contributed by atoms with Crippen molar-refractivity contribution in [1.29, 1.82) is 0 Å². The summed E-state index contributed by atoms with van der Waals surface area (Å²) in [5.74, 6) is 0.803. The maximum absolute atomic E-state index is 12.3. The van der Waals surface area contributed by atoms with Crippen LogP contribution in [-0.4, -0.2) is 46.5 Å². The average molecular weight is 286 g/mol. The van der Waals surface area contributed by atoms with Crippen LogP contribution in [0.1, 0.15) is 19.4 Å². The molecule has 21 heavy (non-hydrogen) atoms. The quantitative estimate of drug-likeness (QED) is 0.839. The Bertz CT molecular complexity index is 709. The third kappa shape index (κ3) is 2.53. The highest BCUT2D eigenvalue weighted by molar-refractivity contribution is 5.53. The zero-order valence-electron chi connectivity index (χ0n) is 12.9. The Morgan fingerprint density at radius 1 is 1.38 bits per heavy atom. The Morgan fingerprint density at radius 2 is 2.19 bits per heavy atom. The summed E-state index contributed by atoms with van der Waals surface area (Å²) < 4.78 is 1.62. The van der Waals surface area contributed by atoms with Crippen molar-refractivity contribution in [1.82, 2.24) is 14.3 Å².